The van der Waals surface area contributed by atoms with E-state index in [1.54, 1.807) is 5.38 Å². The Labute approximate surface area is 102 Å². The Morgan fingerprint density at radius 3 is 3.06 bits per heavy atom. The molecule has 0 fully saturated rings. The van der Waals surface area contributed by atoms with E-state index < -0.39 is 12.1 Å². The maximum Gasteiger partial charge on any atom is 0.407 e. The molecule has 0 radical (unpaired) electrons. The van der Waals surface area contributed by atoms with Gasteiger partial charge in [0.15, 0.2) is 0 Å². The molecule has 0 unspecified atom stereocenters. The molecule has 1 rings (SSSR count). The minimum absolute atomic E-state index is 0.114. The highest BCUT2D eigenvalue weighted by Gasteiger charge is 2.07. The Bertz CT molecular complexity index is 416. The highest BCUT2D eigenvalue weighted by atomic mass is 32.1. The van der Waals surface area contributed by atoms with Gasteiger partial charge in [0.05, 0.1) is 18.7 Å². The number of aliphatic carboxylic acids is 1. The molecule has 1 aromatic heterocycles. The van der Waals surface area contributed by atoms with E-state index in [0.29, 0.717) is 10.7 Å². The minimum atomic E-state index is -0.930. The summed E-state index contributed by atoms with van der Waals surface area (Å²) in [5, 5.41) is 13.3. The zero-order valence-electron chi connectivity index (χ0n) is 9.01. The number of amides is 1. The van der Waals surface area contributed by atoms with Crippen LogP contribution in [0, 0.1) is 0 Å². The van der Waals surface area contributed by atoms with Crippen LogP contribution in [0.25, 0.3) is 0 Å². The number of carbonyl (C=O) groups excluding carboxylic acids is 1. The predicted octanol–water partition coefficient (Wildman–Crippen LogP) is 1.18. The third kappa shape index (κ3) is 5.12. The minimum Gasteiger partial charge on any atom is -0.481 e. The van der Waals surface area contributed by atoms with E-state index in [1.807, 2.05) is 0 Å². The van der Waals surface area contributed by atoms with Gasteiger partial charge in [-0.15, -0.1) is 11.3 Å². The second-order valence-corrected chi connectivity index (χ2v) is 3.99. The van der Waals surface area contributed by atoms with Crippen LogP contribution in [0.15, 0.2) is 18.0 Å². The van der Waals surface area contributed by atoms with Crippen LogP contribution in [0.5, 0.6) is 0 Å². The second-order valence-electron chi connectivity index (χ2n) is 3.04. The average Bonchev–Trinajstić information content (AvgIpc) is 2.70. The molecule has 0 aromatic carbocycles. The van der Waals surface area contributed by atoms with Gasteiger partial charge in [-0.2, -0.15) is 0 Å². The van der Waals surface area contributed by atoms with Crippen LogP contribution in [0.2, 0.25) is 0 Å². The number of hydrogen-bond acceptors (Lipinski definition) is 5. The Morgan fingerprint density at radius 1 is 1.65 bits per heavy atom. The maximum atomic E-state index is 11.1. The number of ether oxygens (including phenoxy) is 1. The van der Waals surface area contributed by atoms with Gasteiger partial charge in [0, 0.05) is 5.38 Å². The lowest BCUT2D eigenvalue weighted by Gasteiger charge is -2.02. The molecule has 6 nitrogen and oxygen atoms in total. The lowest BCUT2D eigenvalue weighted by molar-refractivity contribution is -0.136. The number of hydrogen-bond donors (Lipinski definition) is 2. The van der Waals surface area contributed by atoms with E-state index in [9.17, 15) is 9.59 Å². The van der Waals surface area contributed by atoms with Crippen molar-refractivity contribution in [2.24, 2.45) is 0 Å². The van der Waals surface area contributed by atoms with Crippen molar-refractivity contribution in [3.63, 3.8) is 0 Å². The summed E-state index contributed by atoms with van der Waals surface area (Å²) in [5.74, 6) is -0.930. The monoisotopic (exact) mass is 256 g/mol. The topological polar surface area (TPSA) is 88.5 Å². The number of alkyl carbamates (subject to hydrolysis) is 1. The Kier molecular flexibility index (Phi) is 5.15. The Hall–Kier alpha value is -1.89. The lowest BCUT2D eigenvalue weighted by Crippen LogP contribution is -2.23. The molecular weight excluding hydrogens is 244 g/mol. The van der Waals surface area contributed by atoms with Crippen molar-refractivity contribution in [1.29, 1.82) is 0 Å². The summed E-state index contributed by atoms with van der Waals surface area (Å²) in [6.45, 7) is 3.78. The molecule has 0 saturated carbocycles. The van der Waals surface area contributed by atoms with Crippen molar-refractivity contribution >= 4 is 23.4 Å². The van der Waals surface area contributed by atoms with Gasteiger partial charge in [0.25, 0.3) is 0 Å². The van der Waals surface area contributed by atoms with Crippen molar-refractivity contribution in [2.75, 3.05) is 6.61 Å². The lowest BCUT2D eigenvalue weighted by atomic mass is 10.3. The maximum absolute atomic E-state index is 11.1. The summed E-state index contributed by atoms with van der Waals surface area (Å²) in [7, 11) is 0. The summed E-state index contributed by atoms with van der Waals surface area (Å²) in [6, 6.07) is 0. The summed E-state index contributed by atoms with van der Waals surface area (Å²) in [4.78, 5) is 25.5. The highest BCUT2D eigenvalue weighted by Crippen LogP contribution is 2.10. The molecule has 0 aliphatic heterocycles. The molecule has 92 valence electrons. The van der Waals surface area contributed by atoms with Gasteiger partial charge in [-0.25, -0.2) is 9.78 Å². The smallest absolute Gasteiger partial charge is 0.407 e. The van der Waals surface area contributed by atoms with Crippen LogP contribution in [0.4, 0.5) is 4.79 Å². The van der Waals surface area contributed by atoms with Gasteiger partial charge >= 0.3 is 12.1 Å². The first-order valence-electron chi connectivity index (χ1n) is 4.78. The van der Waals surface area contributed by atoms with E-state index in [4.69, 9.17) is 9.84 Å². The molecule has 17 heavy (non-hydrogen) atoms. The fourth-order valence-electron chi connectivity index (χ4n) is 1.000. The number of aromatic nitrogens is 1. The Balaban J connectivity index is 2.36. The predicted molar refractivity (Wildman–Crippen MR) is 61.8 cm³/mol. The fraction of sp³-hybridized carbons (Fsp3) is 0.300. The van der Waals surface area contributed by atoms with Gasteiger partial charge < -0.3 is 15.2 Å². The van der Waals surface area contributed by atoms with E-state index in [-0.39, 0.29) is 19.6 Å². The Morgan fingerprint density at radius 2 is 2.41 bits per heavy atom. The van der Waals surface area contributed by atoms with Crippen LogP contribution in [-0.4, -0.2) is 28.8 Å². The standard InChI is InChI=1S/C10H12N2O4S/c1-2-3-16-10(15)11-5-8-12-7(6-17-8)4-9(13)14/h2,6H,1,3-5H2,(H,11,15)(H,13,14). The summed E-state index contributed by atoms with van der Waals surface area (Å²) in [5.41, 5.74) is 0.485. The SMILES string of the molecule is C=CCOC(=O)NCc1nc(CC(=O)O)cs1. The first-order valence-corrected chi connectivity index (χ1v) is 5.66. The first-order chi connectivity index (χ1) is 8.11. The van der Waals surface area contributed by atoms with Crippen molar-refractivity contribution in [1.82, 2.24) is 10.3 Å². The number of nitrogens with one attached hydrogen (secondary N) is 1. The van der Waals surface area contributed by atoms with Gasteiger partial charge in [-0.3, -0.25) is 4.79 Å². The van der Waals surface area contributed by atoms with Crippen LogP contribution in [0.3, 0.4) is 0 Å². The van der Waals surface area contributed by atoms with Gasteiger partial charge in [-0.05, 0) is 0 Å². The molecule has 7 heteroatoms. The van der Waals surface area contributed by atoms with Gasteiger partial charge in [0.2, 0.25) is 0 Å². The average molecular weight is 256 g/mol. The number of carbonyl (C=O) groups is 2. The fourth-order valence-corrected chi connectivity index (χ4v) is 1.73. The van der Waals surface area contributed by atoms with Crippen LogP contribution in [-0.2, 0) is 22.5 Å². The third-order valence-corrected chi connectivity index (χ3v) is 2.55. The zero-order valence-corrected chi connectivity index (χ0v) is 9.83. The van der Waals surface area contributed by atoms with Crippen molar-refractivity contribution < 1.29 is 19.4 Å². The quantitative estimate of drug-likeness (QED) is 0.746. The van der Waals surface area contributed by atoms with Crippen molar-refractivity contribution in [2.45, 2.75) is 13.0 Å². The molecule has 2 N–H and O–H groups in total. The largest absolute Gasteiger partial charge is 0.481 e. The number of thiazole rings is 1. The van der Waals surface area contributed by atoms with E-state index >= 15 is 0 Å². The van der Waals surface area contributed by atoms with E-state index in [1.165, 1.54) is 17.4 Å². The van der Waals surface area contributed by atoms with E-state index in [0.717, 1.165) is 0 Å². The van der Waals surface area contributed by atoms with Gasteiger partial charge in [0.1, 0.15) is 11.6 Å². The molecule has 0 aliphatic carbocycles. The highest BCUT2D eigenvalue weighted by molar-refractivity contribution is 7.09. The molecule has 1 heterocycles. The van der Waals surface area contributed by atoms with Crippen molar-refractivity contribution in [3.05, 3.63) is 28.7 Å². The zero-order chi connectivity index (χ0) is 12.7. The second kappa shape index (κ2) is 6.64. The summed E-state index contributed by atoms with van der Waals surface area (Å²) < 4.78 is 4.70. The van der Waals surface area contributed by atoms with Gasteiger partial charge in [-0.1, -0.05) is 12.7 Å². The molecule has 0 aliphatic rings. The molecule has 0 spiro atoms. The van der Waals surface area contributed by atoms with Crippen LogP contribution < -0.4 is 5.32 Å². The molecular formula is C10H12N2O4S. The number of carboxylic acid groups (broad SMARTS) is 1. The summed E-state index contributed by atoms with van der Waals surface area (Å²) >= 11 is 1.29. The van der Waals surface area contributed by atoms with Crippen LogP contribution >= 0.6 is 11.3 Å². The first kappa shape index (κ1) is 13.2. The molecule has 0 atom stereocenters. The normalized spacial score (nSPS) is 9.65. The molecule has 0 saturated heterocycles. The summed E-state index contributed by atoms with van der Waals surface area (Å²) in [6.07, 6.45) is 0.797. The molecule has 1 amide bonds. The number of rotatable bonds is 6. The molecule has 1 aromatic rings. The third-order valence-electron chi connectivity index (χ3n) is 1.65. The van der Waals surface area contributed by atoms with Crippen molar-refractivity contribution in [3.8, 4) is 0 Å². The van der Waals surface area contributed by atoms with E-state index in [2.05, 4.69) is 16.9 Å². The number of nitrogens with zero attached hydrogens (tertiary/aromatic N) is 1. The van der Waals surface area contributed by atoms with Crippen LogP contribution in [0.1, 0.15) is 10.7 Å². The number of carboxylic acids is 1. The molecule has 0 bridgehead atoms.